The molecule has 1 atom stereocenters. The van der Waals surface area contributed by atoms with Crippen molar-refractivity contribution in [2.75, 3.05) is 20.8 Å². The second-order valence-corrected chi connectivity index (χ2v) is 7.13. The van der Waals surface area contributed by atoms with Gasteiger partial charge >= 0.3 is 0 Å². The fraction of sp³-hybridized carbons (Fsp3) is 0.320. The average Bonchev–Trinajstić information content (AvgIpc) is 3.33. The summed E-state index contributed by atoms with van der Waals surface area (Å²) >= 11 is 0. The van der Waals surface area contributed by atoms with Crippen LogP contribution in [0.25, 0.3) is 0 Å². The number of methoxy groups -OCH3 is 2. The molecule has 0 saturated heterocycles. The summed E-state index contributed by atoms with van der Waals surface area (Å²) in [5.41, 5.74) is 2.19. The fourth-order valence-corrected chi connectivity index (χ4v) is 3.65. The molecule has 1 amide bonds. The van der Waals surface area contributed by atoms with Gasteiger partial charge in [0, 0.05) is 25.4 Å². The van der Waals surface area contributed by atoms with E-state index in [4.69, 9.17) is 13.9 Å². The van der Waals surface area contributed by atoms with E-state index in [1.807, 2.05) is 60.4 Å². The van der Waals surface area contributed by atoms with Crippen LogP contribution < -0.4 is 9.47 Å². The van der Waals surface area contributed by atoms with E-state index in [9.17, 15) is 4.79 Å². The maximum Gasteiger partial charge on any atom is 0.222 e. The van der Waals surface area contributed by atoms with Gasteiger partial charge < -0.3 is 18.8 Å². The molecule has 158 valence electrons. The van der Waals surface area contributed by atoms with Crippen LogP contribution in [-0.2, 0) is 11.3 Å². The molecule has 0 radical (unpaired) electrons. The van der Waals surface area contributed by atoms with Crippen LogP contribution in [0.4, 0.5) is 0 Å². The average molecular weight is 408 g/mol. The van der Waals surface area contributed by atoms with Crippen molar-refractivity contribution in [3.8, 4) is 11.5 Å². The van der Waals surface area contributed by atoms with Gasteiger partial charge in [-0.2, -0.15) is 0 Å². The first-order valence-corrected chi connectivity index (χ1v) is 10.2. The Morgan fingerprint density at radius 3 is 2.40 bits per heavy atom. The van der Waals surface area contributed by atoms with Gasteiger partial charge in [0.05, 0.1) is 20.5 Å². The van der Waals surface area contributed by atoms with Crippen LogP contribution in [-0.4, -0.2) is 31.6 Å². The van der Waals surface area contributed by atoms with Gasteiger partial charge in [-0.25, -0.2) is 0 Å². The number of benzene rings is 2. The molecule has 0 fully saturated rings. The van der Waals surface area contributed by atoms with E-state index in [1.165, 1.54) is 5.56 Å². The third-order valence-electron chi connectivity index (χ3n) is 5.25. The van der Waals surface area contributed by atoms with Crippen LogP contribution in [0.1, 0.15) is 42.6 Å². The molecule has 0 N–H and O–H groups in total. The molecular formula is C25H29NO4. The second kappa shape index (κ2) is 10.5. The highest BCUT2D eigenvalue weighted by Crippen LogP contribution is 2.30. The highest BCUT2D eigenvalue weighted by molar-refractivity contribution is 5.75. The SMILES string of the molecule is CCC(=O)N(CC[C@@H](c1ccccc1)c1ccco1)Cc1ccc(OC)c(OC)c1. The molecule has 3 rings (SSSR count). The summed E-state index contributed by atoms with van der Waals surface area (Å²) in [5, 5.41) is 0. The predicted octanol–water partition coefficient (Wildman–Crippen LogP) is 5.26. The summed E-state index contributed by atoms with van der Waals surface area (Å²) in [6, 6.07) is 20.0. The molecule has 5 heteroatoms. The molecular weight excluding hydrogens is 378 g/mol. The van der Waals surface area contributed by atoms with Crippen LogP contribution in [0.5, 0.6) is 11.5 Å². The molecule has 0 aliphatic rings. The smallest absolute Gasteiger partial charge is 0.222 e. The minimum atomic E-state index is 0.0961. The zero-order valence-electron chi connectivity index (χ0n) is 17.8. The first kappa shape index (κ1) is 21.5. The Kier molecular flexibility index (Phi) is 7.55. The van der Waals surface area contributed by atoms with Crippen molar-refractivity contribution >= 4 is 5.91 Å². The van der Waals surface area contributed by atoms with Crippen LogP contribution in [0.3, 0.4) is 0 Å². The lowest BCUT2D eigenvalue weighted by Crippen LogP contribution is -2.31. The number of furan rings is 1. The van der Waals surface area contributed by atoms with Crippen molar-refractivity contribution in [1.82, 2.24) is 4.90 Å². The van der Waals surface area contributed by atoms with Crippen LogP contribution in [0.15, 0.2) is 71.3 Å². The molecule has 1 aromatic heterocycles. The molecule has 0 aliphatic heterocycles. The van der Waals surface area contributed by atoms with E-state index in [0.29, 0.717) is 31.0 Å². The van der Waals surface area contributed by atoms with Crippen molar-refractivity contribution in [1.29, 1.82) is 0 Å². The molecule has 0 saturated carbocycles. The Labute approximate surface area is 178 Å². The van der Waals surface area contributed by atoms with Crippen molar-refractivity contribution < 1.29 is 18.7 Å². The van der Waals surface area contributed by atoms with Crippen LogP contribution in [0.2, 0.25) is 0 Å². The Bertz CT molecular complexity index is 922. The van der Waals surface area contributed by atoms with E-state index in [0.717, 1.165) is 17.7 Å². The van der Waals surface area contributed by atoms with Crippen molar-refractivity contribution in [3.05, 3.63) is 83.8 Å². The summed E-state index contributed by atoms with van der Waals surface area (Å²) in [6.45, 7) is 3.04. The van der Waals surface area contributed by atoms with Gasteiger partial charge in [-0.15, -0.1) is 0 Å². The van der Waals surface area contributed by atoms with E-state index in [2.05, 4.69) is 12.1 Å². The summed E-state index contributed by atoms with van der Waals surface area (Å²) in [6.07, 6.45) is 2.93. The highest BCUT2D eigenvalue weighted by Gasteiger charge is 2.20. The fourth-order valence-electron chi connectivity index (χ4n) is 3.65. The Balaban J connectivity index is 1.78. The van der Waals surface area contributed by atoms with Gasteiger partial charge in [-0.1, -0.05) is 43.3 Å². The molecule has 1 heterocycles. The summed E-state index contributed by atoms with van der Waals surface area (Å²) < 4.78 is 16.4. The molecule has 2 aromatic carbocycles. The van der Waals surface area contributed by atoms with Crippen molar-refractivity contribution in [2.24, 2.45) is 0 Å². The molecule has 0 unspecified atom stereocenters. The normalized spacial score (nSPS) is 11.7. The standard InChI is InChI=1S/C25H29NO4/c1-4-25(27)26(18-19-12-13-23(28-2)24(17-19)29-3)15-14-21(22-11-8-16-30-22)20-9-6-5-7-10-20/h5-13,16-17,21H,4,14-15,18H2,1-3H3/t21-/m0/s1. The maximum atomic E-state index is 12.7. The van der Waals surface area contributed by atoms with E-state index >= 15 is 0 Å². The number of ether oxygens (including phenoxy) is 2. The third-order valence-corrected chi connectivity index (χ3v) is 5.25. The zero-order chi connectivity index (χ0) is 21.3. The van der Waals surface area contributed by atoms with Gasteiger partial charge in [0.15, 0.2) is 11.5 Å². The van der Waals surface area contributed by atoms with E-state index in [1.54, 1.807) is 20.5 Å². The van der Waals surface area contributed by atoms with Crippen molar-refractivity contribution in [2.45, 2.75) is 32.2 Å². The van der Waals surface area contributed by atoms with E-state index in [-0.39, 0.29) is 11.8 Å². The van der Waals surface area contributed by atoms with Crippen molar-refractivity contribution in [3.63, 3.8) is 0 Å². The van der Waals surface area contributed by atoms with Crippen LogP contribution >= 0.6 is 0 Å². The number of rotatable bonds is 10. The van der Waals surface area contributed by atoms with E-state index < -0.39 is 0 Å². The Morgan fingerprint density at radius 2 is 1.77 bits per heavy atom. The number of carbonyl (C=O) groups is 1. The summed E-state index contributed by atoms with van der Waals surface area (Å²) in [4.78, 5) is 14.6. The number of hydrogen-bond donors (Lipinski definition) is 0. The molecule has 0 aliphatic carbocycles. The highest BCUT2D eigenvalue weighted by atomic mass is 16.5. The van der Waals surface area contributed by atoms with Gasteiger partial charge in [0.1, 0.15) is 5.76 Å². The minimum Gasteiger partial charge on any atom is -0.493 e. The lowest BCUT2D eigenvalue weighted by Gasteiger charge is -2.25. The number of carbonyl (C=O) groups excluding carboxylic acids is 1. The predicted molar refractivity (Wildman–Crippen MR) is 117 cm³/mol. The molecule has 30 heavy (non-hydrogen) atoms. The number of amides is 1. The number of hydrogen-bond acceptors (Lipinski definition) is 4. The zero-order valence-corrected chi connectivity index (χ0v) is 17.8. The number of nitrogens with zero attached hydrogens (tertiary/aromatic N) is 1. The summed E-state index contributed by atoms with van der Waals surface area (Å²) in [5.74, 6) is 2.47. The lowest BCUT2D eigenvalue weighted by molar-refractivity contribution is -0.131. The first-order valence-electron chi connectivity index (χ1n) is 10.2. The quantitative estimate of drug-likeness (QED) is 0.460. The minimum absolute atomic E-state index is 0.0961. The van der Waals surface area contributed by atoms with Crippen LogP contribution in [0, 0.1) is 0 Å². The Hall–Kier alpha value is -3.21. The largest absolute Gasteiger partial charge is 0.493 e. The first-order chi connectivity index (χ1) is 14.7. The maximum absolute atomic E-state index is 12.7. The van der Waals surface area contributed by atoms with Gasteiger partial charge in [0.2, 0.25) is 5.91 Å². The van der Waals surface area contributed by atoms with Gasteiger partial charge in [0.25, 0.3) is 0 Å². The molecule has 0 bridgehead atoms. The second-order valence-electron chi connectivity index (χ2n) is 7.13. The molecule has 3 aromatic rings. The molecule has 5 nitrogen and oxygen atoms in total. The monoisotopic (exact) mass is 407 g/mol. The summed E-state index contributed by atoms with van der Waals surface area (Å²) in [7, 11) is 3.23. The Morgan fingerprint density at radius 1 is 1.00 bits per heavy atom. The lowest BCUT2D eigenvalue weighted by atomic mass is 9.93. The topological polar surface area (TPSA) is 51.9 Å². The van der Waals surface area contributed by atoms with Gasteiger partial charge in [-0.05, 0) is 41.8 Å². The molecule has 0 spiro atoms. The van der Waals surface area contributed by atoms with Gasteiger partial charge in [-0.3, -0.25) is 4.79 Å². The third kappa shape index (κ3) is 5.23.